The second-order valence-electron chi connectivity index (χ2n) is 6.51. The molecule has 0 heterocycles. The largest absolute Gasteiger partial charge is 0.466 e. The second kappa shape index (κ2) is 7.58. The molecule has 1 saturated carbocycles. The Morgan fingerprint density at radius 2 is 1.88 bits per heavy atom. The van der Waals surface area contributed by atoms with Crippen LogP contribution in [0.25, 0.3) is 0 Å². The Labute approximate surface area is 145 Å². The second-order valence-corrected chi connectivity index (χ2v) is 6.51. The van der Waals surface area contributed by atoms with E-state index in [0.717, 1.165) is 0 Å². The van der Waals surface area contributed by atoms with Crippen LogP contribution in [-0.2, 0) is 9.53 Å². The van der Waals surface area contributed by atoms with Crippen molar-refractivity contribution in [3.63, 3.8) is 0 Å². The van der Waals surface area contributed by atoms with Crippen molar-refractivity contribution in [1.82, 2.24) is 0 Å². The van der Waals surface area contributed by atoms with Crippen LogP contribution in [0.1, 0.15) is 44.6 Å². The van der Waals surface area contributed by atoms with E-state index in [9.17, 15) is 25.0 Å². The van der Waals surface area contributed by atoms with Gasteiger partial charge in [0.05, 0.1) is 13.0 Å². The fourth-order valence-corrected chi connectivity index (χ4v) is 3.91. The van der Waals surface area contributed by atoms with E-state index in [2.05, 4.69) is 0 Å². The smallest absolute Gasteiger partial charge is 0.306 e. The van der Waals surface area contributed by atoms with Crippen LogP contribution in [0.15, 0.2) is 30.3 Å². The van der Waals surface area contributed by atoms with Gasteiger partial charge in [-0.05, 0) is 18.9 Å². The summed E-state index contributed by atoms with van der Waals surface area (Å²) in [5, 5.41) is 23.6. The lowest BCUT2D eigenvalue weighted by Gasteiger charge is -2.41. The van der Waals surface area contributed by atoms with Crippen molar-refractivity contribution in [2.45, 2.75) is 50.6 Å². The Morgan fingerprint density at radius 1 is 1.24 bits per heavy atom. The van der Waals surface area contributed by atoms with Crippen LogP contribution < -0.4 is 0 Å². The minimum atomic E-state index is -1.62. The van der Waals surface area contributed by atoms with Gasteiger partial charge >= 0.3 is 5.97 Å². The number of carbonyl (C=O) groups is 1. The Balaban J connectivity index is 2.48. The first-order chi connectivity index (χ1) is 11.8. The molecule has 0 amide bonds. The lowest BCUT2D eigenvalue weighted by molar-refractivity contribution is -0.612. The van der Waals surface area contributed by atoms with Crippen molar-refractivity contribution in [2.24, 2.45) is 5.92 Å². The molecule has 0 radical (unpaired) electrons. The van der Waals surface area contributed by atoms with E-state index in [-0.39, 0.29) is 25.9 Å². The predicted molar refractivity (Wildman–Crippen MR) is 89.3 cm³/mol. The maximum atomic E-state index is 12.0. The van der Waals surface area contributed by atoms with Gasteiger partial charge in [-0.2, -0.15) is 0 Å². The molecule has 0 saturated heterocycles. The number of benzene rings is 1. The van der Waals surface area contributed by atoms with Gasteiger partial charge < -0.3 is 4.74 Å². The molecular formula is C17H22N2O6. The summed E-state index contributed by atoms with van der Waals surface area (Å²) in [6.07, 6.45) is 0.324. The predicted octanol–water partition coefficient (Wildman–Crippen LogP) is 2.81. The van der Waals surface area contributed by atoms with Gasteiger partial charge in [0.15, 0.2) is 0 Å². The summed E-state index contributed by atoms with van der Waals surface area (Å²) in [7, 11) is 0. The highest BCUT2D eigenvalue weighted by Crippen LogP contribution is 2.48. The molecule has 1 aromatic rings. The fourth-order valence-electron chi connectivity index (χ4n) is 3.91. The van der Waals surface area contributed by atoms with Gasteiger partial charge in [-0.25, -0.2) is 0 Å². The number of hydrogen-bond donors (Lipinski definition) is 0. The molecule has 136 valence electrons. The number of nitro groups is 2. The van der Waals surface area contributed by atoms with Crippen molar-refractivity contribution in [2.75, 3.05) is 6.61 Å². The summed E-state index contributed by atoms with van der Waals surface area (Å²) in [5.74, 6) is -2.04. The lowest BCUT2D eigenvalue weighted by atomic mass is 9.62. The number of esters is 1. The van der Waals surface area contributed by atoms with Gasteiger partial charge in [-0.1, -0.05) is 30.3 Å². The van der Waals surface area contributed by atoms with Crippen molar-refractivity contribution in [3.05, 3.63) is 56.1 Å². The zero-order chi connectivity index (χ0) is 18.6. The highest BCUT2D eigenvalue weighted by atomic mass is 16.6. The highest BCUT2D eigenvalue weighted by Gasteiger charge is 2.62. The first kappa shape index (κ1) is 18.8. The molecule has 4 atom stereocenters. The van der Waals surface area contributed by atoms with E-state index >= 15 is 0 Å². The van der Waals surface area contributed by atoms with Gasteiger partial charge in [0.25, 0.3) is 0 Å². The molecule has 25 heavy (non-hydrogen) atoms. The van der Waals surface area contributed by atoms with E-state index in [1.54, 1.807) is 37.3 Å². The van der Waals surface area contributed by atoms with E-state index in [1.165, 1.54) is 6.92 Å². The van der Waals surface area contributed by atoms with E-state index in [0.29, 0.717) is 5.56 Å². The van der Waals surface area contributed by atoms with Gasteiger partial charge in [-0.3, -0.25) is 25.0 Å². The third-order valence-electron chi connectivity index (χ3n) is 5.19. The molecule has 8 heteroatoms. The van der Waals surface area contributed by atoms with Crippen LogP contribution in [-0.4, -0.2) is 34.0 Å². The molecule has 0 N–H and O–H groups in total. The van der Waals surface area contributed by atoms with Gasteiger partial charge in [0.1, 0.15) is 5.92 Å². The first-order valence-corrected chi connectivity index (χ1v) is 8.30. The summed E-state index contributed by atoms with van der Waals surface area (Å²) < 4.78 is 4.94. The zero-order valence-corrected chi connectivity index (χ0v) is 14.3. The molecule has 8 nitrogen and oxygen atoms in total. The molecule has 0 aliphatic heterocycles. The average molecular weight is 350 g/mol. The lowest BCUT2D eigenvalue weighted by Crippen LogP contribution is -2.57. The highest BCUT2D eigenvalue weighted by molar-refractivity contribution is 5.69. The summed E-state index contributed by atoms with van der Waals surface area (Å²) in [6.45, 7) is 3.28. The Hall–Kier alpha value is -2.51. The SMILES string of the molecule is CCOC(=O)C[C@@H]1CC[C@H]([N+](=O)[O-])[C@@H](c2ccccc2)[C@]1(C)[N+](=O)[O-]. The Kier molecular flexibility index (Phi) is 5.71. The molecule has 0 spiro atoms. The Bertz CT molecular complexity index is 650. The number of rotatable bonds is 6. The third kappa shape index (κ3) is 3.62. The van der Waals surface area contributed by atoms with Gasteiger partial charge in [0, 0.05) is 29.1 Å². The molecule has 1 aromatic carbocycles. The monoisotopic (exact) mass is 350 g/mol. The summed E-state index contributed by atoms with van der Waals surface area (Å²) in [5.41, 5.74) is -1.07. The molecule has 2 rings (SSSR count). The summed E-state index contributed by atoms with van der Waals surface area (Å²) in [6, 6.07) is 7.47. The number of nitrogens with zero attached hydrogens (tertiary/aromatic N) is 2. The molecule has 0 unspecified atom stereocenters. The fraction of sp³-hybridized carbons (Fsp3) is 0.588. The van der Waals surface area contributed by atoms with Crippen LogP contribution >= 0.6 is 0 Å². The molecule has 1 fully saturated rings. The maximum absolute atomic E-state index is 12.0. The minimum absolute atomic E-state index is 0.112. The Morgan fingerprint density at radius 3 is 2.40 bits per heavy atom. The standard InChI is InChI=1S/C17H22N2O6/c1-3-25-15(20)11-13-9-10-14(18(21)22)16(17(13,2)19(23)24)12-7-5-4-6-8-12/h4-8,13-14,16H,3,9-11H2,1-2H3/t13-,14-,16+,17+/m0/s1. The summed E-state index contributed by atoms with van der Waals surface area (Å²) >= 11 is 0. The molecule has 1 aliphatic rings. The minimum Gasteiger partial charge on any atom is -0.466 e. The van der Waals surface area contributed by atoms with Crippen molar-refractivity contribution >= 4 is 5.97 Å². The van der Waals surface area contributed by atoms with E-state index in [1.807, 2.05) is 0 Å². The quantitative estimate of drug-likeness (QED) is 0.443. The molecular weight excluding hydrogens is 328 g/mol. The summed E-state index contributed by atoms with van der Waals surface area (Å²) in [4.78, 5) is 34.6. The average Bonchev–Trinajstić information content (AvgIpc) is 2.57. The third-order valence-corrected chi connectivity index (χ3v) is 5.19. The number of ether oxygens (including phenoxy) is 1. The molecule has 0 bridgehead atoms. The van der Waals surface area contributed by atoms with Crippen LogP contribution in [0, 0.1) is 26.1 Å². The molecule has 0 aromatic heterocycles. The van der Waals surface area contributed by atoms with Crippen LogP contribution in [0.5, 0.6) is 0 Å². The van der Waals surface area contributed by atoms with Crippen LogP contribution in [0.3, 0.4) is 0 Å². The van der Waals surface area contributed by atoms with Crippen LogP contribution in [0.2, 0.25) is 0 Å². The van der Waals surface area contributed by atoms with Crippen LogP contribution in [0.4, 0.5) is 0 Å². The first-order valence-electron chi connectivity index (χ1n) is 8.30. The molecule has 1 aliphatic carbocycles. The van der Waals surface area contributed by atoms with Crippen molar-refractivity contribution in [3.8, 4) is 0 Å². The van der Waals surface area contributed by atoms with Crippen molar-refractivity contribution < 1.29 is 19.4 Å². The number of carbonyl (C=O) groups excluding carboxylic acids is 1. The van der Waals surface area contributed by atoms with Gasteiger partial charge in [-0.15, -0.1) is 0 Å². The topological polar surface area (TPSA) is 113 Å². The van der Waals surface area contributed by atoms with Gasteiger partial charge in [0.2, 0.25) is 11.6 Å². The normalized spacial score (nSPS) is 29.0. The maximum Gasteiger partial charge on any atom is 0.306 e. The zero-order valence-electron chi connectivity index (χ0n) is 14.3. The number of hydrogen-bond acceptors (Lipinski definition) is 6. The van der Waals surface area contributed by atoms with Crippen molar-refractivity contribution in [1.29, 1.82) is 0 Å². The van der Waals surface area contributed by atoms with E-state index < -0.39 is 39.2 Å². The van der Waals surface area contributed by atoms with E-state index in [4.69, 9.17) is 4.74 Å².